The Morgan fingerprint density at radius 2 is 1.25 bits per heavy atom. The van der Waals surface area contributed by atoms with Gasteiger partial charge in [-0.25, -0.2) is 0 Å². The number of unbranched alkanes of at least 4 members (excludes halogenated alkanes) is 11. The van der Waals surface area contributed by atoms with Crippen molar-refractivity contribution in [1.29, 1.82) is 0 Å². The highest BCUT2D eigenvalue weighted by atomic mass is 16.6. The summed E-state index contributed by atoms with van der Waals surface area (Å²) in [7, 11) is 0. The third-order valence-electron chi connectivity index (χ3n) is 5.86. The Labute approximate surface area is 198 Å². The Hall–Kier alpha value is -1.16. The molecule has 188 valence electrons. The van der Waals surface area contributed by atoms with Crippen molar-refractivity contribution < 1.29 is 19.4 Å². The number of hydrogen-bond donors (Lipinski definition) is 1. The predicted octanol–water partition coefficient (Wildman–Crippen LogP) is 8.06. The van der Waals surface area contributed by atoms with Gasteiger partial charge in [-0.1, -0.05) is 104 Å². The minimum Gasteiger partial charge on any atom is -0.393 e. The predicted molar refractivity (Wildman–Crippen MR) is 134 cm³/mol. The van der Waals surface area contributed by atoms with Crippen LogP contribution >= 0.6 is 0 Å². The van der Waals surface area contributed by atoms with E-state index in [0.29, 0.717) is 12.8 Å². The molecule has 1 atom stereocenters. The minimum atomic E-state index is -0.369. The summed E-state index contributed by atoms with van der Waals surface area (Å²) in [5.74, 6) is 0.00634. The summed E-state index contributed by atoms with van der Waals surface area (Å²) in [5, 5.41) is 9.93. The number of hydrogen-bond acceptors (Lipinski definition) is 4. The topological polar surface area (TPSA) is 63.6 Å². The van der Waals surface area contributed by atoms with Gasteiger partial charge in [0, 0.05) is 12.8 Å². The lowest BCUT2D eigenvalue weighted by molar-refractivity contribution is -0.159. The van der Waals surface area contributed by atoms with Gasteiger partial charge < -0.3 is 9.84 Å². The van der Waals surface area contributed by atoms with Crippen LogP contribution in [0.2, 0.25) is 0 Å². The number of ether oxygens (including phenoxy) is 1. The van der Waals surface area contributed by atoms with Crippen LogP contribution in [-0.4, -0.2) is 23.1 Å². The maximum absolute atomic E-state index is 11.8. The first-order chi connectivity index (χ1) is 15.5. The molecule has 0 unspecified atom stereocenters. The van der Waals surface area contributed by atoms with E-state index in [1.54, 1.807) is 0 Å². The third kappa shape index (κ3) is 23.5. The highest BCUT2D eigenvalue weighted by Gasteiger charge is 2.10. The molecular weight excluding hydrogens is 400 g/mol. The van der Waals surface area contributed by atoms with E-state index in [1.165, 1.54) is 32.1 Å². The Kier molecular flexibility index (Phi) is 22.2. The molecule has 0 aliphatic carbocycles. The fourth-order valence-electron chi connectivity index (χ4n) is 3.76. The van der Waals surface area contributed by atoms with Gasteiger partial charge in [-0.05, 0) is 44.4 Å². The highest BCUT2D eigenvalue weighted by Crippen LogP contribution is 2.12. The average Bonchev–Trinajstić information content (AvgIpc) is 2.74. The first kappa shape index (κ1) is 30.8. The molecule has 0 spiro atoms. The molecule has 0 saturated heterocycles. The number of esters is 2. The molecule has 0 rings (SSSR count). The zero-order chi connectivity index (χ0) is 23.9. The first-order valence-electron chi connectivity index (χ1n) is 13.5. The Morgan fingerprint density at radius 1 is 0.719 bits per heavy atom. The molecule has 0 heterocycles. The zero-order valence-corrected chi connectivity index (χ0v) is 21.4. The van der Waals surface area contributed by atoms with Crippen LogP contribution in [0, 0.1) is 5.92 Å². The van der Waals surface area contributed by atoms with Gasteiger partial charge in [0.25, 0.3) is 0 Å². The average molecular weight is 453 g/mol. The molecule has 0 amide bonds. The molecule has 0 aromatic carbocycles. The molecule has 0 saturated carbocycles. The van der Waals surface area contributed by atoms with Crippen molar-refractivity contribution in [3.63, 3.8) is 0 Å². The summed E-state index contributed by atoms with van der Waals surface area (Å²) in [4.78, 5) is 23.5. The fraction of sp³-hybridized carbons (Fsp3) is 0.857. The van der Waals surface area contributed by atoms with Crippen molar-refractivity contribution in [2.24, 2.45) is 5.92 Å². The maximum Gasteiger partial charge on any atom is 0.313 e. The van der Waals surface area contributed by atoms with Gasteiger partial charge in [-0.2, -0.15) is 0 Å². The van der Waals surface area contributed by atoms with Crippen LogP contribution in [0.1, 0.15) is 143 Å². The molecule has 4 heteroatoms. The molecule has 0 fully saturated rings. The molecule has 0 aliphatic heterocycles. The normalized spacial score (nSPS) is 12.5. The number of rotatable bonds is 22. The lowest BCUT2D eigenvalue weighted by Gasteiger charge is -2.07. The summed E-state index contributed by atoms with van der Waals surface area (Å²) < 4.78 is 4.92. The van der Waals surface area contributed by atoms with Gasteiger partial charge in [0.15, 0.2) is 0 Å². The second-order valence-electron chi connectivity index (χ2n) is 9.71. The van der Waals surface area contributed by atoms with Crippen LogP contribution < -0.4 is 0 Å². The molecular formula is C28H52O4. The van der Waals surface area contributed by atoms with Crippen molar-refractivity contribution in [2.45, 2.75) is 149 Å². The Balaban J connectivity index is 3.45. The van der Waals surface area contributed by atoms with Crippen LogP contribution in [0.4, 0.5) is 0 Å². The standard InChI is InChI=1S/C28H52O4/c1-4-5-6-16-21-26(29)22-17-11-9-7-8-10-12-18-23-27(30)32-28(31)24-19-14-13-15-20-25(2)3/h11,17,25-26,29H,4-10,12-16,18-24H2,1-3H3/b17-11-/t26-/m1/s1. The van der Waals surface area contributed by atoms with Crippen molar-refractivity contribution in [3.8, 4) is 0 Å². The van der Waals surface area contributed by atoms with Crippen molar-refractivity contribution in [2.75, 3.05) is 0 Å². The number of carbonyl (C=O) groups is 2. The number of carbonyl (C=O) groups excluding carboxylic acids is 2. The van der Waals surface area contributed by atoms with Crippen molar-refractivity contribution >= 4 is 11.9 Å². The van der Waals surface area contributed by atoms with Gasteiger partial charge in [0.05, 0.1) is 6.10 Å². The largest absolute Gasteiger partial charge is 0.393 e. The lowest BCUT2D eigenvalue weighted by Crippen LogP contribution is -2.11. The molecule has 4 nitrogen and oxygen atoms in total. The maximum atomic E-state index is 11.8. The van der Waals surface area contributed by atoms with Gasteiger partial charge in [0.2, 0.25) is 0 Å². The minimum absolute atomic E-state index is 0.190. The van der Waals surface area contributed by atoms with E-state index in [1.807, 2.05) is 0 Å². The summed E-state index contributed by atoms with van der Waals surface area (Å²) >= 11 is 0. The second kappa shape index (κ2) is 23.0. The molecule has 1 N–H and O–H groups in total. The van der Waals surface area contributed by atoms with Gasteiger partial charge >= 0.3 is 11.9 Å². The van der Waals surface area contributed by atoms with E-state index >= 15 is 0 Å². The van der Waals surface area contributed by atoms with Crippen LogP contribution in [0.5, 0.6) is 0 Å². The molecule has 0 aromatic rings. The number of allylic oxidation sites excluding steroid dienone is 1. The number of aliphatic hydroxyl groups is 1. The Morgan fingerprint density at radius 3 is 1.88 bits per heavy atom. The molecule has 0 radical (unpaired) electrons. The third-order valence-corrected chi connectivity index (χ3v) is 5.86. The SMILES string of the molecule is CCCCCC[C@@H](O)C/C=C\CCCCCCCC(=O)OC(=O)CCCCCCC(C)C. The molecule has 32 heavy (non-hydrogen) atoms. The van der Waals surface area contributed by atoms with E-state index in [4.69, 9.17) is 4.74 Å². The number of aliphatic hydroxyl groups excluding tert-OH is 1. The lowest BCUT2D eigenvalue weighted by atomic mass is 10.0. The summed E-state index contributed by atoms with van der Waals surface area (Å²) in [5.41, 5.74) is 0. The quantitative estimate of drug-likeness (QED) is 0.0780. The van der Waals surface area contributed by atoms with Gasteiger partial charge in [-0.3, -0.25) is 9.59 Å². The van der Waals surface area contributed by atoms with Crippen LogP contribution in [-0.2, 0) is 14.3 Å². The van der Waals surface area contributed by atoms with E-state index < -0.39 is 0 Å². The Bertz CT molecular complexity index is 470. The molecule has 0 aliphatic rings. The molecule has 0 aromatic heterocycles. The fourth-order valence-corrected chi connectivity index (χ4v) is 3.76. The van der Waals surface area contributed by atoms with Crippen molar-refractivity contribution in [1.82, 2.24) is 0 Å². The van der Waals surface area contributed by atoms with E-state index in [2.05, 4.69) is 32.9 Å². The second-order valence-corrected chi connectivity index (χ2v) is 9.71. The first-order valence-corrected chi connectivity index (χ1v) is 13.5. The van der Waals surface area contributed by atoms with Crippen LogP contribution in [0.3, 0.4) is 0 Å². The summed E-state index contributed by atoms with van der Waals surface area (Å²) in [6.45, 7) is 6.66. The summed E-state index contributed by atoms with van der Waals surface area (Å²) in [6.07, 6.45) is 23.0. The van der Waals surface area contributed by atoms with Gasteiger partial charge in [0.1, 0.15) is 0 Å². The van der Waals surface area contributed by atoms with E-state index in [-0.39, 0.29) is 18.0 Å². The molecule has 0 bridgehead atoms. The summed E-state index contributed by atoms with van der Waals surface area (Å²) in [6, 6.07) is 0. The van der Waals surface area contributed by atoms with Crippen LogP contribution in [0.25, 0.3) is 0 Å². The smallest absolute Gasteiger partial charge is 0.313 e. The van der Waals surface area contributed by atoms with E-state index in [0.717, 1.165) is 83.0 Å². The van der Waals surface area contributed by atoms with Crippen LogP contribution in [0.15, 0.2) is 12.2 Å². The van der Waals surface area contributed by atoms with E-state index in [9.17, 15) is 14.7 Å². The zero-order valence-electron chi connectivity index (χ0n) is 21.4. The monoisotopic (exact) mass is 452 g/mol. The van der Waals surface area contributed by atoms with Gasteiger partial charge in [-0.15, -0.1) is 0 Å². The highest BCUT2D eigenvalue weighted by molar-refractivity contribution is 5.85. The van der Waals surface area contributed by atoms with Crippen molar-refractivity contribution in [3.05, 3.63) is 12.2 Å².